The van der Waals surface area contributed by atoms with Crippen LogP contribution in [-0.4, -0.2) is 23.8 Å². The number of carbonyl (C=O) groups excluding carboxylic acids is 2. The SMILES string of the molecule is C/C1=C\CC[C@]2(C)OC2C(=O)C2=CC[C@H](C)[C@@](C)(CC1)[C@@H]2C=O. The Morgan fingerprint density at radius 1 is 1.26 bits per heavy atom. The molecule has 2 bridgehead atoms. The van der Waals surface area contributed by atoms with Gasteiger partial charge in [-0.05, 0) is 57.3 Å². The zero-order chi connectivity index (χ0) is 16.8. The molecule has 3 nitrogen and oxygen atoms in total. The first-order valence-corrected chi connectivity index (χ1v) is 8.85. The number of ether oxygens (including phenoxy) is 1. The van der Waals surface area contributed by atoms with E-state index in [1.165, 1.54) is 5.57 Å². The van der Waals surface area contributed by atoms with Crippen molar-refractivity contribution in [3.8, 4) is 0 Å². The molecule has 5 atom stereocenters. The summed E-state index contributed by atoms with van der Waals surface area (Å²) in [6.07, 6.45) is 9.56. The number of hydrogen-bond acceptors (Lipinski definition) is 3. The van der Waals surface area contributed by atoms with E-state index < -0.39 is 0 Å². The molecular weight excluding hydrogens is 288 g/mol. The summed E-state index contributed by atoms with van der Waals surface area (Å²) in [6.45, 7) is 8.58. The van der Waals surface area contributed by atoms with Crippen LogP contribution >= 0.6 is 0 Å². The molecule has 0 radical (unpaired) electrons. The summed E-state index contributed by atoms with van der Waals surface area (Å²) in [5, 5.41) is 0. The van der Waals surface area contributed by atoms with Crippen molar-refractivity contribution in [2.45, 2.75) is 71.5 Å². The van der Waals surface area contributed by atoms with Crippen molar-refractivity contribution in [2.75, 3.05) is 0 Å². The molecule has 3 rings (SSSR count). The Bertz CT molecular complexity index is 588. The average molecular weight is 316 g/mol. The number of Topliss-reactive ketones (excluding diaryl/α,β-unsaturated/α-hetero) is 1. The first-order valence-electron chi connectivity index (χ1n) is 8.85. The lowest BCUT2D eigenvalue weighted by Gasteiger charge is -2.44. The normalized spacial score (nSPS) is 46.4. The quantitative estimate of drug-likeness (QED) is 0.417. The molecule has 1 heterocycles. The maximum Gasteiger partial charge on any atom is 0.190 e. The van der Waals surface area contributed by atoms with E-state index in [0.717, 1.165) is 38.4 Å². The van der Waals surface area contributed by atoms with Gasteiger partial charge >= 0.3 is 0 Å². The highest BCUT2D eigenvalue weighted by atomic mass is 16.6. The Morgan fingerprint density at radius 3 is 2.70 bits per heavy atom. The van der Waals surface area contributed by atoms with Crippen LogP contribution in [0.1, 0.15) is 59.8 Å². The summed E-state index contributed by atoms with van der Waals surface area (Å²) in [5.41, 5.74) is 1.59. The summed E-state index contributed by atoms with van der Waals surface area (Å²) in [5.74, 6) is 0.139. The molecule has 23 heavy (non-hydrogen) atoms. The van der Waals surface area contributed by atoms with Crippen LogP contribution in [0.5, 0.6) is 0 Å². The average Bonchev–Trinajstić information content (AvgIpc) is 3.18. The third-order valence-corrected chi connectivity index (χ3v) is 6.60. The van der Waals surface area contributed by atoms with Gasteiger partial charge in [-0.1, -0.05) is 31.6 Å². The molecule has 1 unspecified atom stereocenters. The minimum atomic E-state index is -0.359. The van der Waals surface area contributed by atoms with E-state index in [2.05, 4.69) is 26.8 Å². The number of epoxide rings is 1. The van der Waals surface area contributed by atoms with E-state index >= 15 is 0 Å². The molecule has 3 aliphatic rings. The fraction of sp³-hybridized carbons (Fsp3) is 0.700. The monoisotopic (exact) mass is 316 g/mol. The van der Waals surface area contributed by atoms with Gasteiger partial charge in [0.05, 0.1) is 0 Å². The highest BCUT2D eigenvalue weighted by Crippen LogP contribution is 2.51. The van der Waals surface area contributed by atoms with Crippen LogP contribution in [-0.2, 0) is 14.3 Å². The Hall–Kier alpha value is -1.22. The molecule has 2 aliphatic carbocycles. The molecule has 0 N–H and O–H groups in total. The fourth-order valence-corrected chi connectivity index (χ4v) is 4.33. The third-order valence-electron chi connectivity index (χ3n) is 6.60. The van der Waals surface area contributed by atoms with Crippen LogP contribution < -0.4 is 0 Å². The van der Waals surface area contributed by atoms with Crippen molar-refractivity contribution in [2.24, 2.45) is 17.3 Å². The van der Waals surface area contributed by atoms with E-state index in [4.69, 9.17) is 4.74 Å². The standard InChI is InChI=1S/C20H28O3/c1-13-6-5-10-20(4)18(23-20)17(22)15-8-7-14(2)19(3,11-9-13)16(15)12-21/h6,8,12,14,16,18H,5,7,9-11H2,1-4H3/b13-6+/t14-,16+,18?,19+,20-/m0/s1. The van der Waals surface area contributed by atoms with Gasteiger partial charge in [-0.2, -0.15) is 0 Å². The molecule has 126 valence electrons. The fourth-order valence-electron chi connectivity index (χ4n) is 4.33. The molecule has 0 spiro atoms. The van der Waals surface area contributed by atoms with Crippen molar-refractivity contribution in [1.82, 2.24) is 0 Å². The van der Waals surface area contributed by atoms with E-state index in [1.54, 1.807) is 0 Å². The van der Waals surface area contributed by atoms with Gasteiger partial charge in [0.15, 0.2) is 5.78 Å². The van der Waals surface area contributed by atoms with E-state index in [1.807, 2.05) is 13.0 Å². The third kappa shape index (κ3) is 2.73. The minimum Gasteiger partial charge on any atom is -0.358 e. The number of hydrogen-bond donors (Lipinski definition) is 0. The lowest BCUT2D eigenvalue weighted by molar-refractivity contribution is -0.122. The van der Waals surface area contributed by atoms with E-state index in [-0.39, 0.29) is 28.8 Å². The van der Waals surface area contributed by atoms with Crippen LogP contribution in [0.25, 0.3) is 0 Å². The van der Waals surface area contributed by atoms with Crippen LogP contribution in [0.4, 0.5) is 0 Å². The van der Waals surface area contributed by atoms with Crippen LogP contribution in [0, 0.1) is 17.3 Å². The zero-order valence-corrected chi connectivity index (χ0v) is 14.7. The predicted octanol–water partition coefficient (Wildman–Crippen LogP) is 4.02. The lowest BCUT2D eigenvalue weighted by Crippen LogP contribution is -2.42. The van der Waals surface area contributed by atoms with Crippen LogP contribution in [0.2, 0.25) is 0 Å². The summed E-state index contributed by atoms with van der Waals surface area (Å²) in [6, 6.07) is 0. The number of carbonyl (C=O) groups is 2. The largest absolute Gasteiger partial charge is 0.358 e. The molecule has 1 fully saturated rings. The Kier molecular flexibility index (Phi) is 4.12. The van der Waals surface area contributed by atoms with Gasteiger partial charge in [0, 0.05) is 11.5 Å². The minimum absolute atomic E-state index is 0.0454. The van der Waals surface area contributed by atoms with Gasteiger partial charge in [0.25, 0.3) is 0 Å². The molecule has 0 aromatic heterocycles. The maximum absolute atomic E-state index is 12.9. The summed E-state index contributed by atoms with van der Waals surface area (Å²) in [7, 11) is 0. The maximum atomic E-state index is 12.9. The number of fused-ring (bicyclic) bond motifs is 3. The molecule has 0 aromatic rings. The number of allylic oxidation sites excluding steroid dienone is 3. The number of rotatable bonds is 1. The van der Waals surface area contributed by atoms with Crippen molar-refractivity contribution in [3.63, 3.8) is 0 Å². The van der Waals surface area contributed by atoms with Crippen molar-refractivity contribution in [1.29, 1.82) is 0 Å². The first-order chi connectivity index (χ1) is 10.8. The highest BCUT2D eigenvalue weighted by Gasteiger charge is 2.58. The molecular formula is C20H28O3. The second kappa shape index (κ2) is 5.70. The number of ketones is 1. The topological polar surface area (TPSA) is 46.7 Å². The van der Waals surface area contributed by atoms with Gasteiger partial charge in [-0.25, -0.2) is 0 Å². The Balaban J connectivity index is 2.01. The molecule has 0 saturated carbocycles. The number of aldehydes is 1. The van der Waals surface area contributed by atoms with Crippen LogP contribution in [0.15, 0.2) is 23.3 Å². The highest BCUT2D eigenvalue weighted by molar-refractivity contribution is 6.04. The molecule has 1 aliphatic heterocycles. The van der Waals surface area contributed by atoms with E-state index in [0.29, 0.717) is 11.5 Å². The first kappa shape index (κ1) is 16.6. The second-order valence-corrected chi connectivity index (χ2v) is 8.18. The van der Waals surface area contributed by atoms with Gasteiger partial charge in [0.1, 0.15) is 18.0 Å². The van der Waals surface area contributed by atoms with Crippen LogP contribution in [0.3, 0.4) is 0 Å². The molecule has 0 aromatic carbocycles. The molecule has 1 saturated heterocycles. The van der Waals surface area contributed by atoms with Gasteiger partial charge in [0.2, 0.25) is 0 Å². The van der Waals surface area contributed by atoms with Gasteiger partial charge in [-0.15, -0.1) is 0 Å². The predicted molar refractivity (Wildman–Crippen MR) is 90.0 cm³/mol. The van der Waals surface area contributed by atoms with Gasteiger partial charge in [-0.3, -0.25) is 4.79 Å². The van der Waals surface area contributed by atoms with Gasteiger partial charge < -0.3 is 9.53 Å². The Morgan fingerprint density at radius 2 is 2.00 bits per heavy atom. The summed E-state index contributed by atoms with van der Waals surface area (Å²) in [4.78, 5) is 24.9. The Labute approximate surface area is 139 Å². The summed E-state index contributed by atoms with van der Waals surface area (Å²) >= 11 is 0. The molecule has 3 heteroatoms. The smallest absolute Gasteiger partial charge is 0.190 e. The molecule has 0 amide bonds. The summed E-state index contributed by atoms with van der Waals surface area (Å²) < 4.78 is 5.77. The lowest BCUT2D eigenvalue weighted by atomic mass is 9.59. The van der Waals surface area contributed by atoms with E-state index in [9.17, 15) is 9.59 Å². The zero-order valence-electron chi connectivity index (χ0n) is 14.7. The van der Waals surface area contributed by atoms with Crippen molar-refractivity contribution >= 4 is 12.1 Å². The van der Waals surface area contributed by atoms with Crippen molar-refractivity contribution in [3.05, 3.63) is 23.3 Å². The van der Waals surface area contributed by atoms with Crippen molar-refractivity contribution < 1.29 is 14.3 Å². The second-order valence-electron chi connectivity index (χ2n) is 8.18.